The standard InChI is InChI=1S/C10H7ClN4OS/c11-7-1-3-8(4-2-7)16-5-9-14-15-6-12-13-10(15)17-9/h1-4,6H,5H2. The van der Waals surface area contributed by atoms with Crippen LogP contribution in [0.15, 0.2) is 30.6 Å². The highest BCUT2D eigenvalue weighted by atomic mass is 35.5. The number of halogens is 1. The molecule has 0 radical (unpaired) electrons. The van der Waals surface area contributed by atoms with Gasteiger partial charge in [-0.3, -0.25) is 0 Å². The van der Waals surface area contributed by atoms with Gasteiger partial charge in [-0.05, 0) is 24.3 Å². The van der Waals surface area contributed by atoms with E-state index < -0.39 is 0 Å². The second-order valence-corrected chi connectivity index (χ2v) is 4.77. The first-order valence-electron chi connectivity index (χ1n) is 4.85. The fourth-order valence-electron chi connectivity index (χ4n) is 1.34. The molecule has 0 aliphatic rings. The van der Waals surface area contributed by atoms with Gasteiger partial charge in [0.05, 0.1) is 0 Å². The van der Waals surface area contributed by atoms with Crippen LogP contribution in [0.2, 0.25) is 5.02 Å². The van der Waals surface area contributed by atoms with Crippen molar-refractivity contribution in [1.82, 2.24) is 19.8 Å². The van der Waals surface area contributed by atoms with Crippen molar-refractivity contribution < 1.29 is 4.74 Å². The van der Waals surface area contributed by atoms with Crippen LogP contribution >= 0.6 is 22.9 Å². The minimum atomic E-state index is 0.412. The highest BCUT2D eigenvalue weighted by Gasteiger charge is 2.05. The Kier molecular flexibility index (Phi) is 2.66. The van der Waals surface area contributed by atoms with Gasteiger partial charge < -0.3 is 4.74 Å². The van der Waals surface area contributed by atoms with Gasteiger partial charge in [0.1, 0.15) is 18.7 Å². The van der Waals surface area contributed by atoms with Crippen LogP contribution in [0.25, 0.3) is 4.96 Å². The number of ether oxygens (including phenoxy) is 1. The Morgan fingerprint density at radius 1 is 1.29 bits per heavy atom. The van der Waals surface area contributed by atoms with Gasteiger partial charge in [-0.15, -0.1) is 10.2 Å². The molecule has 2 heterocycles. The van der Waals surface area contributed by atoms with E-state index in [1.807, 2.05) is 12.1 Å². The lowest BCUT2D eigenvalue weighted by atomic mass is 10.3. The van der Waals surface area contributed by atoms with Crippen molar-refractivity contribution in [2.45, 2.75) is 6.61 Å². The van der Waals surface area contributed by atoms with Gasteiger partial charge in [0.25, 0.3) is 0 Å². The largest absolute Gasteiger partial charge is 0.486 e. The Bertz CT molecular complexity index is 605. The van der Waals surface area contributed by atoms with Crippen molar-refractivity contribution >= 4 is 27.9 Å². The highest BCUT2D eigenvalue weighted by Crippen LogP contribution is 2.18. The maximum atomic E-state index is 5.78. The van der Waals surface area contributed by atoms with Gasteiger partial charge in [-0.25, -0.2) is 0 Å². The van der Waals surface area contributed by atoms with E-state index >= 15 is 0 Å². The second kappa shape index (κ2) is 4.31. The van der Waals surface area contributed by atoms with E-state index in [-0.39, 0.29) is 0 Å². The van der Waals surface area contributed by atoms with Crippen LogP contribution in [0.4, 0.5) is 0 Å². The third-order valence-electron chi connectivity index (χ3n) is 2.10. The predicted molar refractivity (Wildman–Crippen MR) is 64.4 cm³/mol. The number of nitrogens with zero attached hydrogens (tertiary/aromatic N) is 4. The Morgan fingerprint density at radius 2 is 2.12 bits per heavy atom. The summed E-state index contributed by atoms with van der Waals surface area (Å²) < 4.78 is 7.20. The molecule has 2 aromatic heterocycles. The molecule has 86 valence electrons. The van der Waals surface area contributed by atoms with Crippen LogP contribution in [0.3, 0.4) is 0 Å². The van der Waals surface area contributed by atoms with E-state index in [4.69, 9.17) is 16.3 Å². The molecule has 0 aliphatic carbocycles. The summed E-state index contributed by atoms with van der Waals surface area (Å²) in [7, 11) is 0. The molecule has 0 atom stereocenters. The maximum absolute atomic E-state index is 5.78. The minimum Gasteiger partial charge on any atom is -0.486 e. The molecule has 17 heavy (non-hydrogen) atoms. The number of rotatable bonds is 3. The molecule has 5 nitrogen and oxygen atoms in total. The number of fused-ring (bicyclic) bond motifs is 1. The molecule has 1 aromatic carbocycles. The van der Waals surface area contributed by atoms with Crippen LogP contribution in [-0.4, -0.2) is 19.8 Å². The molecule has 3 rings (SSSR count). The SMILES string of the molecule is Clc1ccc(OCc2nn3cnnc3s2)cc1. The number of aromatic nitrogens is 4. The van der Waals surface area contributed by atoms with E-state index in [9.17, 15) is 0 Å². The van der Waals surface area contributed by atoms with Gasteiger partial charge in [0.2, 0.25) is 4.96 Å². The Balaban J connectivity index is 1.71. The first-order valence-corrected chi connectivity index (χ1v) is 6.05. The molecular weight excluding hydrogens is 260 g/mol. The minimum absolute atomic E-state index is 0.412. The molecular formula is C10H7ClN4OS. The average Bonchev–Trinajstić information content (AvgIpc) is 2.88. The van der Waals surface area contributed by atoms with E-state index in [0.29, 0.717) is 11.6 Å². The molecule has 0 spiro atoms. The summed E-state index contributed by atoms with van der Waals surface area (Å²) >= 11 is 7.24. The number of hydrogen-bond donors (Lipinski definition) is 0. The van der Waals surface area contributed by atoms with Crippen LogP contribution < -0.4 is 4.74 Å². The molecule has 0 bridgehead atoms. The first kappa shape index (κ1) is 10.5. The fourth-order valence-corrected chi connectivity index (χ4v) is 2.19. The molecule has 7 heteroatoms. The van der Waals surface area contributed by atoms with Crippen LogP contribution in [0.5, 0.6) is 5.75 Å². The second-order valence-electron chi connectivity index (χ2n) is 3.30. The quantitative estimate of drug-likeness (QED) is 0.731. The molecule has 0 unspecified atom stereocenters. The van der Waals surface area contributed by atoms with Gasteiger partial charge >= 0.3 is 0 Å². The lowest BCUT2D eigenvalue weighted by Crippen LogP contribution is -1.95. The third kappa shape index (κ3) is 2.22. The molecule has 0 N–H and O–H groups in total. The lowest BCUT2D eigenvalue weighted by Gasteiger charge is -2.02. The molecule has 0 fully saturated rings. The van der Waals surface area contributed by atoms with Crippen molar-refractivity contribution in [3.63, 3.8) is 0 Å². The third-order valence-corrected chi connectivity index (χ3v) is 3.24. The van der Waals surface area contributed by atoms with Crippen LogP contribution in [0.1, 0.15) is 5.01 Å². The summed E-state index contributed by atoms with van der Waals surface area (Å²) in [6, 6.07) is 7.22. The number of hydrogen-bond acceptors (Lipinski definition) is 5. The van der Waals surface area contributed by atoms with E-state index in [1.165, 1.54) is 11.3 Å². The maximum Gasteiger partial charge on any atom is 0.234 e. The molecule has 3 aromatic rings. The highest BCUT2D eigenvalue weighted by molar-refractivity contribution is 7.16. The topological polar surface area (TPSA) is 52.3 Å². The summed E-state index contributed by atoms with van der Waals surface area (Å²) in [5, 5.41) is 13.4. The first-order chi connectivity index (χ1) is 8.31. The van der Waals surface area contributed by atoms with Crippen molar-refractivity contribution in [2.75, 3.05) is 0 Å². The zero-order chi connectivity index (χ0) is 11.7. The number of benzene rings is 1. The van der Waals surface area contributed by atoms with E-state index in [2.05, 4.69) is 15.3 Å². The zero-order valence-electron chi connectivity index (χ0n) is 8.58. The summed E-state index contributed by atoms with van der Waals surface area (Å²) in [4.78, 5) is 0.764. The van der Waals surface area contributed by atoms with E-state index in [1.54, 1.807) is 23.0 Å². The van der Waals surface area contributed by atoms with Crippen LogP contribution in [-0.2, 0) is 6.61 Å². The summed E-state index contributed by atoms with van der Waals surface area (Å²) in [5.74, 6) is 0.764. The van der Waals surface area contributed by atoms with E-state index in [0.717, 1.165) is 15.7 Å². The van der Waals surface area contributed by atoms with Gasteiger partial charge in [0.15, 0.2) is 5.01 Å². The monoisotopic (exact) mass is 266 g/mol. The molecule has 0 aliphatic heterocycles. The summed E-state index contributed by atoms with van der Waals surface area (Å²) in [6.45, 7) is 0.412. The zero-order valence-corrected chi connectivity index (χ0v) is 10.1. The van der Waals surface area contributed by atoms with Crippen molar-refractivity contribution in [1.29, 1.82) is 0 Å². The Hall–Kier alpha value is -1.66. The van der Waals surface area contributed by atoms with Crippen molar-refractivity contribution in [3.8, 4) is 5.75 Å². The molecule has 0 saturated heterocycles. The Morgan fingerprint density at radius 3 is 2.88 bits per heavy atom. The Labute approximate surface area is 106 Å². The molecule has 0 saturated carbocycles. The predicted octanol–water partition coefficient (Wildman–Crippen LogP) is 2.42. The van der Waals surface area contributed by atoms with Gasteiger partial charge in [-0.1, -0.05) is 22.9 Å². The normalized spacial score (nSPS) is 10.9. The smallest absolute Gasteiger partial charge is 0.234 e. The molecule has 0 amide bonds. The average molecular weight is 267 g/mol. The lowest BCUT2D eigenvalue weighted by molar-refractivity contribution is 0.304. The van der Waals surface area contributed by atoms with Crippen LogP contribution in [0, 0.1) is 0 Å². The van der Waals surface area contributed by atoms with Gasteiger partial charge in [-0.2, -0.15) is 9.61 Å². The summed E-state index contributed by atoms with van der Waals surface area (Å²) in [5.41, 5.74) is 0. The summed E-state index contributed by atoms with van der Waals surface area (Å²) in [6.07, 6.45) is 1.57. The van der Waals surface area contributed by atoms with Crippen molar-refractivity contribution in [3.05, 3.63) is 40.6 Å². The van der Waals surface area contributed by atoms with Crippen molar-refractivity contribution in [2.24, 2.45) is 0 Å². The van der Waals surface area contributed by atoms with Gasteiger partial charge in [0, 0.05) is 5.02 Å². The fraction of sp³-hybridized carbons (Fsp3) is 0.100.